The van der Waals surface area contributed by atoms with E-state index in [4.69, 9.17) is 9.47 Å². The number of carbonyl (C=O) groups excluding carboxylic acids is 2. The zero-order valence-electron chi connectivity index (χ0n) is 16.0. The Bertz CT molecular complexity index is 972. The van der Waals surface area contributed by atoms with Crippen molar-refractivity contribution in [3.63, 3.8) is 0 Å². The Balaban J connectivity index is 1.91. The highest BCUT2D eigenvalue weighted by Crippen LogP contribution is 2.22. The van der Waals surface area contributed by atoms with Crippen molar-refractivity contribution in [1.82, 2.24) is 0 Å². The minimum absolute atomic E-state index is 0.00491. The van der Waals surface area contributed by atoms with Crippen molar-refractivity contribution in [3.8, 4) is 5.75 Å². The maximum absolute atomic E-state index is 13.3. The second-order valence-corrected chi connectivity index (χ2v) is 5.99. The summed E-state index contributed by atoms with van der Waals surface area (Å²) in [7, 11) is 0. The van der Waals surface area contributed by atoms with Gasteiger partial charge in [-0.3, -0.25) is 14.9 Å². The average molecular weight is 414 g/mol. The summed E-state index contributed by atoms with van der Waals surface area (Å²) >= 11 is 0. The van der Waals surface area contributed by atoms with E-state index in [0.717, 1.165) is 24.3 Å². The predicted molar refractivity (Wildman–Crippen MR) is 108 cm³/mol. The molecule has 2 aromatic carbocycles. The molecule has 0 heterocycles. The van der Waals surface area contributed by atoms with Gasteiger partial charge in [-0.15, -0.1) is 0 Å². The van der Waals surface area contributed by atoms with Crippen LogP contribution < -0.4 is 10.1 Å². The Morgan fingerprint density at radius 1 is 1.27 bits per heavy atom. The molecule has 30 heavy (non-hydrogen) atoms. The van der Waals surface area contributed by atoms with Gasteiger partial charge in [-0.05, 0) is 42.8 Å². The number of nitrogens with one attached hydrogen (secondary N) is 1. The summed E-state index contributed by atoms with van der Waals surface area (Å²) in [6, 6.07) is 9.83. The molecule has 0 aliphatic rings. The fourth-order valence-electron chi connectivity index (χ4n) is 2.24. The highest BCUT2D eigenvalue weighted by Gasteiger charge is 2.19. The molecule has 0 saturated heterocycles. The minimum Gasteiger partial charge on any atom is -0.490 e. The van der Waals surface area contributed by atoms with Crippen molar-refractivity contribution in [2.24, 2.45) is 0 Å². The van der Waals surface area contributed by atoms with Gasteiger partial charge in [0.1, 0.15) is 12.4 Å². The average Bonchev–Trinajstić information content (AvgIpc) is 2.72. The van der Waals surface area contributed by atoms with Crippen molar-refractivity contribution in [2.75, 3.05) is 11.9 Å². The van der Waals surface area contributed by atoms with E-state index in [1.165, 1.54) is 13.0 Å². The van der Waals surface area contributed by atoms with Gasteiger partial charge in [-0.1, -0.05) is 24.8 Å². The summed E-state index contributed by atoms with van der Waals surface area (Å²) < 4.78 is 23.7. The number of nitrogens with zero attached hydrogens (tertiary/aromatic N) is 1. The summed E-state index contributed by atoms with van der Waals surface area (Å²) in [6.45, 7) is 5.28. The lowest BCUT2D eigenvalue weighted by atomic mass is 10.2. The second-order valence-electron chi connectivity index (χ2n) is 5.99. The molecule has 2 rings (SSSR count). The summed E-state index contributed by atoms with van der Waals surface area (Å²) in [4.78, 5) is 33.9. The van der Waals surface area contributed by atoms with Crippen LogP contribution in [0, 0.1) is 15.9 Å². The Hall–Kier alpha value is -4.01. The highest BCUT2D eigenvalue weighted by atomic mass is 19.1. The van der Waals surface area contributed by atoms with E-state index in [1.54, 1.807) is 30.3 Å². The van der Waals surface area contributed by atoms with Crippen molar-refractivity contribution < 1.29 is 28.4 Å². The fourth-order valence-corrected chi connectivity index (χ4v) is 2.24. The first kappa shape index (κ1) is 22.3. The summed E-state index contributed by atoms with van der Waals surface area (Å²) in [6.07, 6.45) is 3.11. The quantitative estimate of drug-likeness (QED) is 0.219. The maximum atomic E-state index is 13.3. The van der Waals surface area contributed by atoms with Crippen LogP contribution in [0.2, 0.25) is 0 Å². The molecule has 1 unspecified atom stereocenters. The van der Waals surface area contributed by atoms with Crippen molar-refractivity contribution in [1.29, 1.82) is 0 Å². The molecule has 0 radical (unpaired) electrons. The van der Waals surface area contributed by atoms with E-state index in [2.05, 4.69) is 11.9 Å². The molecule has 0 spiro atoms. The molecule has 0 aliphatic heterocycles. The number of anilines is 1. The molecule has 1 atom stereocenters. The van der Waals surface area contributed by atoms with Gasteiger partial charge in [0.2, 0.25) is 5.82 Å². The normalized spacial score (nSPS) is 11.5. The number of hydrogen-bond acceptors (Lipinski definition) is 6. The van der Waals surface area contributed by atoms with E-state index >= 15 is 0 Å². The van der Waals surface area contributed by atoms with Crippen LogP contribution in [0.5, 0.6) is 5.75 Å². The summed E-state index contributed by atoms with van der Waals surface area (Å²) in [5.74, 6) is -1.85. The van der Waals surface area contributed by atoms with E-state index in [0.29, 0.717) is 17.9 Å². The number of benzene rings is 2. The molecule has 156 valence electrons. The molecule has 9 heteroatoms. The van der Waals surface area contributed by atoms with Gasteiger partial charge in [-0.2, -0.15) is 4.39 Å². The van der Waals surface area contributed by atoms with Crippen LogP contribution in [0.15, 0.2) is 61.2 Å². The molecule has 2 aromatic rings. The van der Waals surface area contributed by atoms with Crippen LogP contribution >= 0.6 is 0 Å². The monoisotopic (exact) mass is 414 g/mol. The maximum Gasteiger partial charge on any atom is 0.331 e. The van der Waals surface area contributed by atoms with E-state index < -0.39 is 34.4 Å². The van der Waals surface area contributed by atoms with E-state index in [1.807, 2.05) is 0 Å². The number of esters is 1. The van der Waals surface area contributed by atoms with E-state index in [9.17, 15) is 24.1 Å². The smallest absolute Gasteiger partial charge is 0.331 e. The molecular formula is C21H19FN2O6. The third-order valence-corrected chi connectivity index (χ3v) is 3.73. The first-order valence-corrected chi connectivity index (χ1v) is 8.77. The molecular weight excluding hydrogens is 395 g/mol. The number of hydrogen-bond donors (Lipinski definition) is 1. The zero-order valence-corrected chi connectivity index (χ0v) is 16.0. The van der Waals surface area contributed by atoms with Gasteiger partial charge in [0, 0.05) is 17.8 Å². The standard InChI is InChI=1S/C21H19FN2O6/c1-3-12-29-17-8-4-15(5-9-17)6-11-20(25)30-14(2)21(26)23-16-7-10-18(22)19(13-16)24(27)28/h3-11,13-14H,1,12H2,2H3,(H,23,26)/b11-6+. The highest BCUT2D eigenvalue weighted by molar-refractivity contribution is 5.96. The number of carbonyl (C=O) groups is 2. The van der Waals surface area contributed by atoms with Crippen LogP contribution in [0.3, 0.4) is 0 Å². The number of nitro groups is 1. The summed E-state index contributed by atoms with van der Waals surface area (Å²) in [5, 5.41) is 13.1. The number of amides is 1. The Kier molecular flexibility index (Phi) is 7.81. The molecule has 1 N–H and O–H groups in total. The number of rotatable bonds is 9. The Morgan fingerprint density at radius 3 is 2.60 bits per heavy atom. The van der Waals surface area contributed by atoms with Crippen LogP contribution in [0.25, 0.3) is 6.08 Å². The molecule has 8 nitrogen and oxygen atoms in total. The molecule has 0 aliphatic carbocycles. The van der Waals surface area contributed by atoms with E-state index in [-0.39, 0.29) is 5.69 Å². The summed E-state index contributed by atoms with van der Waals surface area (Å²) in [5.41, 5.74) is -0.0553. The molecule has 0 fully saturated rings. The third kappa shape index (κ3) is 6.55. The minimum atomic E-state index is -1.18. The lowest BCUT2D eigenvalue weighted by Gasteiger charge is -2.12. The van der Waals surface area contributed by atoms with Crippen LogP contribution in [-0.2, 0) is 14.3 Å². The van der Waals surface area contributed by atoms with Crippen LogP contribution in [0.1, 0.15) is 12.5 Å². The topological polar surface area (TPSA) is 108 Å². The Labute approximate surface area is 171 Å². The van der Waals surface area contributed by atoms with Crippen molar-refractivity contribution in [3.05, 3.63) is 82.7 Å². The van der Waals surface area contributed by atoms with Crippen LogP contribution in [-0.4, -0.2) is 29.5 Å². The van der Waals surface area contributed by atoms with Gasteiger partial charge in [-0.25, -0.2) is 4.79 Å². The second kappa shape index (κ2) is 10.5. The lowest BCUT2D eigenvalue weighted by molar-refractivity contribution is -0.387. The van der Waals surface area contributed by atoms with Gasteiger partial charge in [0.05, 0.1) is 4.92 Å². The Morgan fingerprint density at radius 2 is 1.97 bits per heavy atom. The third-order valence-electron chi connectivity index (χ3n) is 3.73. The van der Waals surface area contributed by atoms with Gasteiger partial charge in [0.15, 0.2) is 6.10 Å². The largest absolute Gasteiger partial charge is 0.490 e. The molecule has 0 saturated carbocycles. The molecule has 1 amide bonds. The zero-order chi connectivity index (χ0) is 22.1. The van der Waals surface area contributed by atoms with Crippen molar-refractivity contribution in [2.45, 2.75) is 13.0 Å². The number of nitro benzene ring substituents is 1. The predicted octanol–water partition coefficient (Wildman–Crippen LogP) is 3.88. The first-order chi connectivity index (χ1) is 14.3. The fraction of sp³-hybridized carbons (Fsp3) is 0.143. The molecule has 0 aromatic heterocycles. The first-order valence-electron chi connectivity index (χ1n) is 8.77. The molecule has 0 bridgehead atoms. The van der Waals surface area contributed by atoms with Gasteiger partial charge in [0.25, 0.3) is 5.91 Å². The van der Waals surface area contributed by atoms with Crippen molar-refractivity contribution >= 4 is 29.3 Å². The SMILES string of the molecule is C=CCOc1ccc(/C=C/C(=O)OC(C)C(=O)Nc2ccc(F)c([N+](=O)[O-])c2)cc1. The number of ether oxygens (including phenoxy) is 2. The lowest BCUT2D eigenvalue weighted by Crippen LogP contribution is -2.29. The van der Waals surface area contributed by atoms with Gasteiger partial charge >= 0.3 is 11.7 Å². The van der Waals surface area contributed by atoms with Crippen LogP contribution in [0.4, 0.5) is 15.8 Å². The van der Waals surface area contributed by atoms with Gasteiger partial charge < -0.3 is 14.8 Å². The number of halogens is 1.